The lowest BCUT2D eigenvalue weighted by Gasteiger charge is -2.30. The highest BCUT2D eigenvalue weighted by Crippen LogP contribution is 2.21. The molecule has 0 N–H and O–H groups in total. The Morgan fingerprint density at radius 2 is 1.92 bits per heavy atom. The van der Waals surface area contributed by atoms with Crippen molar-refractivity contribution in [1.29, 1.82) is 0 Å². The third kappa shape index (κ3) is 4.25. The largest absolute Gasteiger partial charge is 0.466 e. The van der Waals surface area contributed by atoms with E-state index in [4.69, 9.17) is 4.74 Å². The van der Waals surface area contributed by atoms with Gasteiger partial charge in [0.25, 0.3) is 0 Å². The molecule has 6 heteroatoms. The van der Waals surface area contributed by atoms with Crippen molar-refractivity contribution in [3.05, 3.63) is 41.5 Å². The quantitative estimate of drug-likeness (QED) is 0.782. The Labute approximate surface area is 148 Å². The van der Waals surface area contributed by atoms with Gasteiger partial charge in [0.1, 0.15) is 0 Å². The van der Waals surface area contributed by atoms with E-state index in [9.17, 15) is 4.79 Å². The Morgan fingerprint density at radius 1 is 1.24 bits per heavy atom. The maximum Gasteiger partial charge on any atom is 0.309 e. The summed E-state index contributed by atoms with van der Waals surface area (Å²) in [7, 11) is 0. The van der Waals surface area contributed by atoms with Crippen LogP contribution in [-0.2, 0) is 16.1 Å². The number of carbonyl (C=O) groups is 1. The van der Waals surface area contributed by atoms with Crippen LogP contribution >= 0.6 is 0 Å². The molecule has 0 spiro atoms. The van der Waals surface area contributed by atoms with Crippen molar-refractivity contribution < 1.29 is 9.53 Å². The lowest BCUT2D eigenvalue weighted by Crippen LogP contribution is -2.36. The maximum atomic E-state index is 11.9. The van der Waals surface area contributed by atoms with Crippen LogP contribution < -0.4 is 0 Å². The molecule has 2 aromatic heterocycles. The van der Waals surface area contributed by atoms with E-state index in [1.165, 1.54) is 5.69 Å². The summed E-state index contributed by atoms with van der Waals surface area (Å²) in [5.74, 6) is 0.721. The Balaban J connectivity index is 1.66. The molecule has 3 heterocycles. The van der Waals surface area contributed by atoms with Gasteiger partial charge in [0.2, 0.25) is 5.95 Å². The minimum Gasteiger partial charge on any atom is -0.466 e. The molecule has 134 valence electrons. The SMILES string of the molecule is CCOC(=O)C1CCN(Cc2cccn2-c2nc(C)cc(C)n2)CC1. The molecule has 1 aliphatic heterocycles. The van der Waals surface area contributed by atoms with E-state index >= 15 is 0 Å². The molecule has 2 aromatic rings. The first-order valence-corrected chi connectivity index (χ1v) is 8.94. The number of esters is 1. The fourth-order valence-electron chi connectivity index (χ4n) is 3.37. The van der Waals surface area contributed by atoms with Gasteiger partial charge in [-0.25, -0.2) is 9.97 Å². The second-order valence-corrected chi connectivity index (χ2v) is 6.62. The number of piperidine rings is 1. The number of likely N-dealkylation sites (tertiary alicyclic amines) is 1. The summed E-state index contributed by atoms with van der Waals surface area (Å²) in [6.07, 6.45) is 3.73. The number of nitrogens with zero attached hydrogens (tertiary/aromatic N) is 4. The smallest absolute Gasteiger partial charge is 0.309 e. The fourth-order valence-corrected chi connectivity index (χ4v) is 3.37. The van der Waals surface area contributed by atoms with Gasteiger partial charge in [-0.15, -0.1) is 0 Å². The van der Waals surface area contributed by atoms with Gasteiger partial charge in [0, 0.05) is 29.8 Å². The summed E-state index contributed by atoms with van der Waals surface area (Å²) < 4.78 is 7.20. The number of aryl methyl sites for hydroxylation is 2. The first-order valence-electron chi connectivity index (χ1n) is 8.94. The van der Waals surface area contributed by atoms with Gasteiger partial charge in [-0.3, -0.25) is 14.3 Å². The monoisotopic (exact) mass is 342 g/mol. The zero-order valence-electron chi connectivity index (χ0n) is 15.2. The fraction of sp³-hybridized carbons (Fsp3) is 0.526. The number of carbonyl (C=O) groups excluding carboxylic acids is 1. The van der Waals surface area contributed by atoms with Crippen LogP contribution in [0.5, 0.6) is 0 Å². The van der Waals surface area contributed by atoms with E-state index in [0.717, 1.165) is 49.8 Å². The topological polar surface area (TPSA) is 60.2 Å². The Bertz CT molecular complexity index is 713. The van der Waals surface area contributed by atoms with Crippen molar-refractivity contribution in [1.82, 2.24) is 19.4 Å². The summed E-state index contributed by atoms with van der Waals surface area (Å²) >= 11 is 0. The van der Waals surface area contributed by atoms with Crippen LogP contribution in [0, 0.1) is 19.8 Å². The van der Waals surface area contributed by atoms with E-state index in [1.54, 1.807) is 0 Å². The molecule has 0 aliphatic carbocycles. The van der Waals surface area contributed by atoms with Crippen LogP contribution in [0.1, 0.15) is 36.8 Å². The molecule has 0 atom stereocenters. The minimum absolute atomic E-state index is 0.0470. The van der Waals surface area contributed by atoms with E-state index in [2.05, 4.69) is 25.5 Å². The number of aromatic nitrogens is 3. The van der Waals surface area contributed by atoms with Gasteiger partial charge >= 0.3 is 5.97 Å². The van der Waals surface area contributed by atoms with Crippen LogP contribution in [0.3, 0.4) is 0 Å². The summed E-state index contributed by atoms with van der Waals surface area (Å²) in [6, 6.07) is 6.12. The normalized spacial score (nSPS) is 16.1. The molecule has 0 aromatic carbocycles. The molecule has 6 nitrogen and oxygen atoms in total. The van der Waals surface area contributed by atoms with E-state index < -0.39 is 0 Å². The van der Waals surface area contributed by atoms with Gasteiger partial charge in [0.05, 0.1) is 12.5 Å². The molecule has 0 saturated carbocycles. The second-order valence-electron chi connectivity index (χ2n) is 6.62. The molecule has 25 heavy (non-hydrogen) atoms. The molecule has 0 radical (unpaired) electrons. The summed E-state index contributed by atoms with van der Waals surface area (Å²) in [5.41, 5.74) is 3.11. The van der Waals surface area contributed by atoms with Gasteiger partial charge in [0.15, 0.2) is 0 Å². The van der Waals surface area contributed by atoms with Crippen molar-refractivity contribution in [2.24, 2.45) is 5.92 Å². The van der Waals surface area contributed by atoms with Crippen molar-refractivity contribution in [3.63, 3.8) is 0 Å². The lowest BCUT2D eigenvalue weighted by atomic mass is 9.97. The molecule has 1 aliphatic rings. The van der Waals surface area contributed by atoms with Gasteiger partial charge in [-0.05, 0) is 64.9 Å². The molecule has 0 unspecified atom stereocenters. The zero-order valence-corrected chi connectivity index (χ0v) is 15.2. The Hall–Kier alpha value is -2.21. The Morgan fingerprint density at radius 3 is 2.56 bits per heavy atom. The molecule has 0 amide bonds. The molecule has 1 fully saturated rings. The van der Waals surface area contributed by atoms with Crippen LogP contribution in [0.15, 0.2) is 24.4 Å². The lowest BCUT2D eigenvalue weighted by molar-refractivity contribution is -0.149. The van der Waals surface area contributed by atoms with Crippen LogP contribution in [0.2, 0.25) is 0 Å². The Kier molecular flexibility index (Phi) is 5.48. The molecule has 3 rings (SSSR count). The van der Waals surface area contributed by atoms with E-state index in [0.29, 0.717) is 6.61 Å². The maximum absolute atomic E-state index is 11.9. The number of rotatable bonds is 5. The molecular formula is C19H26N4O2. The van der Waals surface area contributed by atoms with Crippen molar-refractivity contribution in [2.75, 3.05) is 19.7 Å². The number of hydrogen-bond acceptors (Lipinski definition) is 5. The zero-order chi connectivity index (χ0) is 17.8. The summed E-state index contributed by atoms with van der Waals surface area (Å²) in [6.45, 7) is 8.94. The highest BCUT2D eigenvalue weighted by atomic mass is 16.5. The standard InChI is InChI=1S/C19H26N4O2/c1-4-25-18(24)16-7-10-22(11-8-16)13-17-6-5-9-23(17)19-20-14(2)12-15(3)21-19/h5-6,9,12,16H,4,7-8,10-11,13H2,1-3H3. The van der Waals surface area contributed by atoms with Crippen molar-refractivity contribution >= 4 is 5.97 Å². The first kappa shape index (κ1) is 17.6. The predicted molar refractivity (Wildman–Crippen MR) is 95.5 cm³/mol. The first-order chi connectivity index (χ1) is 12.1. The average molecular weight is 342 g/mol. The number of ether oxygens (including phenoxy) is 1. The highest BCUT2D eigenvalue weighted by molar-refractivity contribution is 5.72. The number of hydrogen-bond donors (Lipinski definition) is 0. The van der Waals surface area contributed by atoms with Crippen LogP contribution in [-0.4, -0.2) is 45.1 Å². The van der Waals surface area contributed by atoms with Crippen molar-refractivity contribution in [2.45, 2.75) is 40.2 Å². The van der Waals surface area contributed by atoms with Gasteiger partial charge in [-0.1, -0.05) is 0 Å². The predicted octanol–water partition coefficient (Wildman–Crippen LogP) is 2.66. The van der Waals surface area contributed by atoms with Gasteiger partial charge < -0.3 is 4.74 Å². The third-order valence-corrected chi connectivity index (χ3v) is 4.61. The molecule has 1 saturated heterocycles. The van der Waals surface area contributed by atoms with E-state index in [-0.39, 0.29) is 11.9 Å². The average Bonchev–Trinajstić information content (AvgIpc) is 3.03. The summed E-state index contributed by atoms with van der Waals surface area (Å²) in [5, 5.41) is 0. The molecule has 0 bridgehead atoms. The van der Waals surface area contributed by atoms with Gasteiger partial charge in [-0.2, -0.15) is 0 Å². The minimum atomic E-state index is -0.0471. The van der Waals surface area contributed by atoms with Crippen LogP contribution in [0.25, 0.3) is 5.95 Å². The summed E-state index contributed by atoms with van der Waals surface area (Å²) in [4.78, 5) is 23.4. The molecular weight excluding hydrogens is 316 g/mol. The van der Waals surface area contributed by atoms with E-state index in [1.807, 2.05) is 39.1 Å². The second kappa shape index (κ2) is 7.78. The van der Waals surface area contributed by atoms with Crippen LogP contribution in [0.4, 0.5) is 0 Å². The highest BCUT2D eigenvalue weighted by Gasteiger charge is 2.26. The third-order valence-electron chi connectivity index (χ3n) is 4.61. The van der Waals surface area contributed by atoms with Crippen molar-refractivity contribution in [3.8, 4) is 5.95 Å².